The molecule has 4 nitrogen and oxygen atoms in total. The van der Waals surface area contributed by atoms with Gasteiger partial charge in [0.25, 0.3) is 0 Å². The molecule has 0 amide bonds. The summed E-state index contributed by atoms with van der Waals surface area (Å²) in [5, 5.41) is 9.75. The van der Waals surface area contributed by atoms with Crippen molar-refractivity contribution in [1.29, 1.82) is 0 Å². The fourth-order valence-corrected chi connectivity index (χ4v) is 5.73. The normalized spacial score (nSPS) is 11.9. The SMILES string of the molecule is c1ccc(Cn2cc(-c3cp(Cc4ccccc4)np3)nn2)cc1. The third-order valence-corrected chi connectivity index (χ3v) is 7.01. The predicted octanol–water partition coefficient (Wildman–Crippen LogP) is 5.00. The summed E-state index contributed by atoms with van der Waals surface area (Å²) >= 11 is 0. The molecule has 2 aromatic heterocycles. The van der Waals surface area contributed by atoms with E-state index in [0.29, 0.717) is 0 Å². The molecule has 0 saturated carbocycles. The lowest BCUT2D eigenvalue weighted by Gasteiger charge is -1.99. The van der Waals surface area contributed by atoms with Crippen molar-refractivity contribution in [2.24, 2.45) is 0 Å². The molecule has 6 heteroatoms. The Hall–Kier alpha value is -2.28. The van der Waals surface area contributed by atoms with Crippen molar-refractivity contribution >= 4 is 16.0 Å². The lowest BCUT2D eigenvalue weighted by molar-refractivity contribution is 0.650. The average molecular weight is 350 g/mol. The van der Waals surface area contributed by atoms with Crippen LogP contribution in [0.3, 0.4) is 0 Å². The minimum Gasteiger partial charge on any atom is -0.247 e. The molecular weight excluding hydrogens is 334 g/mol. The van der Waals surface area contributed by atoms with Gasteiger partial charge in [-0.05, 0) is 24.6 Å². The van der Waals surface area contributed by atoms with Gasteiger partial charge in [-0.15, -0.1) is 5.10 Å². The Bertz CT molecular complexity index is 839. The van der Waals surface area contributed by atoms with Gasteiger partial charge in [0.1, 0.15) is 5.69 Å². The zero-order valence-electron chi connectivity index (χ0n) is 13.0. The average Bonchev–Trinajstić information content (AvgIpc) is 3.26. The first-order chi connectivity index (χ1) is 11.9. The molecule has 1 atom stereocenters. The number of nitrogens with zero attached hydrogens (tertiary/aromatic N) is 4. The maximum atomic E-state index is 4.75. The molecule has 2 heterocycles. The first kappa shape index (κ1) is 15.3. The molecule has 0 radical (unpaired) electrons. The number of benzene rings is 2. The molecule has 2 aromatic carbocycles. The standard InChI is InChI=1S/C18H16N4P2/c1-3-7-15(8-4-1)11-22-12-17(19-20-22)18-14-24(21-23-18)13-16-9-5-2-6-10-16/h1-10,12,14H,11,13H2. The van der Waals surface area contributed by atoms with Gasteiger partial charge in [-0.1, -0.05) is 65.9 Å². The third-order valence-electron chi connectivity index (χ3n) is 3.71. The molecule has 118 valence electrons. The highest BCUT2D eigenvalue weighted by molar-refractivity contribution is 7.53. The topological polar surface area (TPSA) is 43.6 Å². The second-order valence-electron chi connectivity index (χ2n) is 5.57. The first-order valence-electron chi connectivity index (χ1n) is 7.75. The van der Waals surface area contributed by atoms with Gasteiger partial charge < -0.3 is 0 Å². The molecule has 0 saturated heterocycles. The van der Waals surface area contributed by atoms with E-state index in [1.807, 2.05) is 35.1 Å². The van der Waals surface area contributed by atoms with Crippen LogP contribution in [0, 0.1) is 0 Å². The summed E-state index contributed by atoms with van der Waals surface area (Å²) in [6, 6.07) is 20.8. The van der Waals surface area contributed by atoms with Crippen LogP contribution >= 0.6 is 16.0 Å². The van der Waals surface area contributed by atoms with Crippen LogP contribution in [0.15, 0.2) is 72.7 Å². The van der Waals surface area contributed by atoms with Crippen molar-refractivity contribution in [3.05, 3.63) is 83.8 Å². The molecule has 0 bridgehead atoms. The Labute approximate surface area is 143 Å². The summed E-state index contributed by atoms with van der Waals surface area (Å²) in [5.41, 5.74) is 3.50. The maximum absolute atomic E-state index is 4.75. The van der Waals surface area contributed by atoms with Crippen molar-refractivity contribution in [2.75, 3.05) is 0 Å². The van der Waals surface area contributed by atoms with Crippen molar-refractivity contribution in [3.63, 3.8) is 0 Å². The fraction of sp³-hybridized carbons (Fsp3) is 0.111. The van der Waals surface area contributed by atoms with Crippen LogP contribution in [0.5, 0.6) is 0 Å². The highest BCUT2D eigenvalue weighted by atomic mass is 31.1. The van der Waals surface area contributed by atoms with E-state index >= 15 is 0 Å². The van der Waals surface area contributed by atoms with E-state index in [2.05, 4.69) is 52.5 Å². The van der Waals surface area contributed by atoms with Gasteiger partial charge in [0.05, 0.1) is 26.4 Å². The van der Waals surface area contributed by atoms with E-state index in [9.17, 15) is 0 Å². The molecule has 1 unspecified atom stereocenters. The van der Waals surface area contributed by atoms with Gasteiger partial charge in [0.2, 0.25) is 0 Å². The Morgan fingerprint density at radius 2 is 1.62 bits per heavy atom. The van der Waals surface area contributed by atoms with E-state index < -0.39 is 7.69 Å². The van der Waals surface area contributed by atoms with E-state index in [4.69, 9.17) is 4.51 Å². The number of aromatic nitrogens is 4. The molecule has 0 N–H and O–H groups in total. The molecule has 0 aliphatic rings. The Kier molecular flexibility index (Phi) is 4.51. The van der Waals surface area contributed by atoms with Crippen LogP contribution in [0.25, 0.3) is 11.0 Å². The summed E-state index contributed by atoms with van der Waals surface area (Å²) in [6.45, 7) is 0.744. The smallest absolute Gasteiger partial charge is 0.119 e. The Morgan fingerprint density at radius 3 is 2.38 bits per heavy atom. The maximum Gasteiger partial charge on any atom is 0.119 e. The lowest BCUT2D eigenvalue weighted by Crippen LogP contribution is -1.99. The quantitative estimate of drug-likeness (QED) is 0.508. The minimum atomic E-state index is -0.450. The third kappa shape index (κ3) is 3.62. The number of hydrogen-bond acceptors (Lipinski definition) is 3. The molecular formula is C18H16N4P2. The lowest BCUT2D eigenvalue weighted by atomic mass is 10.2. The van der Waals surface area contributed by atoms with Gasteiger partial charge in [0, 0.05) is 6.16 Å². The summed E-state index contributed by atoms with van der Waals surface area (Å²) in [7, 11) is 0.566. The van der Waals surface area contributed by atoms with Gasteiger partial charge in [0.15, 0.2) is 0 Å². The summed E-state index contributed by atoms with van der Waals surface area (Å²) in [4.78, 5) is 0. The van der Waals surface area contributed by atoms with Gasteiger partial charge in [-0.25, -0.2) is 9.19 Å². The van der Waals surface area contributed by atoms with Crippen LogP contribution in [0.2, 0.25) is 0 Å². The molecule has 0 aliphatic heterocycles. The molecule has 0 spiro atoms. The van der Waals surface area contributed by atoms with E-state index in [0.717, 1.165) is 26.8 Å². The zero-order valence-corrected chi connectivity index (χ0v) is 14.8. The minimum absolute atomic E-state index is 0.450. The van der Waals surface area contributed by atoms with Crippen molar-refractivity contribution in [2.45, 2.75) is 12.7 Å². The van der Waals surface area contributed by atoms with Crippen molar-refractivity contribution < 1.29 is 0 Å². The fourth-order valence-electron chi connectivity index (χ4n) is 2.53. The Balaban J connectivity index is 1.49. The molecule has 4 aromatic rings. The molecule has 0 fully saturated rings. The van der Waals surface area contributed by atoms with Crippen molar-refractivity contribution in [1.82, 2.24) is 19.5 Å². The summed E-state index contributed by atoms with van der Waals surface area (Å²) < 4.78 is 6.64. The van der Waals surface area contributed by atoms with Crippen LogP contribution in [0.1, 0.15) is 11.1 Å². The number of hydrogen-bond donors (Lipinski definition) is 0. The summed E-state index contributed by atoms with van der Waals surface area (Å²) in [6.07, 6.45) is 3.02. The number of rotatable bonds is 5. The van der Waals surface area contributed by atoms with E-state index in [1.54, 1.807) is 0 Å². The van der Waals surface area contributed by atoms with Gasteiger partial charge in [-0.2, -0.15) is 0 Å². The predicted molar refractivity (Wildman–Crippen MR) is 99.6 cm³/mol. The van der Waals surface area contributed by atoms with E-state index in [1.165, 1.54) is 16.4 Å². The van der Waals surface area contributed by atoms with Crippen LogP contribution in [0.4, 0.5) is 0 Å². The van der Waals surface area contributed by atoms with Crippen LogP contribution < -0.4 is 0 Å². The zero-order chi connectivity index (χ0) is 16.2. The second-order valence-corrected chi connectivity index (χ2v) is 8.42. The highest BCUT2D eigenvalue weighted by Crippen LogP contribution is 2.39. The van der Waals surface area contributed by atoms with Crippen molar-refractivity contribution in [3.8, 4) is 11.0 Å². The molecule has 4 rings (SSSR count). The van der Waals surface area contributed by atoms with Crippen LogP contribution in [-0.2, 0) is 12.7 Å². The second kappa shape index (κ2) is 7.09. The molecule has 24 heavy (non-hydrogen) atoms. The summed E-state index contributed by atoms with van der Waals surface area (Å²) in [5.74, 6) is 2.28. The van der Waals surface area contributed by atoms with Crippen LogP contribution in [-0.4, -0.2) is 19.5 Å². The molecule has 0 aliphatic carbocycles. The van der Waals surface area contributed by atoms with Gasteiger partial charge in [-0.3, -0.25) is 0 Å². The Morgan fingerprint density at radius 1 is 0.917 bits per heavy atom. The largest absolute Gasteiger partial charge is 0.247 e. The monoisotopic (exact) mass is 350 g/mol. The van der Waals surface area contributed by atoms with Gasteiger partial charge >= 0.3 is 0 Å². The highest BCUT2D eigenvalue weighted by Gasteiger charge is 2.09. The van der Waals surface area contributed by atoms with E-state index in [-0.39, 0.29) is 0 Å². The first-order valence-corrected chi connectivity index (χ1v) is 10.1.